The van der Waals surface area contributed by atoms with Gasteiger partial charge in [-0.1, -0.05) is 72.8 Å². The molecule has 3 rings (SSSR count). The zero-order valence-electron chi connectivity index (χ0n) is 16.6. The molecular weight excluding hydrogens is 380 g/mol. The van der Waals surface area contributed by atoms with E-state index >= 15 is 0 Å². The van der Waals surface area contributed by atoms with Gasteiger partial charge in [0, 0.05) is 12.3 Å². The molecule has 0 aliphatic carbocycles. The first-order valence-corrected chi connectivity index (χ1v) is 11.2. The summed E-state index contributed by atoms with van der Waals surface area (Å²) in [6.07, 6.45) is 7.63. The highest BCUT2D eigenvalue weighted by Gasteiger charge is 2.37. The topological polar surface area (TPSA) is 49.4 Å². The number of likely N-dealkylation sites (tertiary alicyclic amines) is 1. The maximum absolute atomic E-state index is 12.1. The second-order valence-electron chi connectivity index (χ2n) is 7.11. The van der Waals surface area contributed by atoms with Crippen LogP contribution in [0.3, 0.4) is 0 Å². The van der Waals surface area contributed by atoms with Crippen molar-refractivity contribution in [3.8, 4) is 0 Å². The van der Waals surface area contributed by atoms with Crippen molar-refractivity contribution in [3.63, 3.8) is 0 Å². The lowest BCUT2D eigenvalue weighted by molar-refractivity contribution is -0.145. The quantitative estimate of drug-likeness (QED) is 0.345. The van der Waals surface area contributed by atoms with Crippen LogP contribution in [0.2, 0.25) is 0 Å². The van der Waals surface area contributed by atoms with Gasteiger partial charge in [0.15, 0.2) is 0 Å². The van der Waals surface area contributed by atoms with Crippen LogP contribution in [-0.2, 0) is 21.8 Å². The minimum Gasteiger partial charge on any atom is -0.354 e. The molecule has 1 unspecified atom stereocenters. The standard InChI is InChI=1S/C24H28N2O2S/c27-22(25-16-10-2-1-5-11-20-12-6-3-7-13-20)18-26-23(28)17-24(26)29-19-21-14-8-4-9-15-21/h1-4,6-9,12-15,24H,5,10-11,16-19H2,(H,25,27). The average Bonchev–Trinajstić information content (AvgIpc) is 2.75. The predicted octanol–water partition coefficient (Wildman–Crippen LogP) is 4.17. The molecule has 1 atom stereocenters. The summed E-state index contributed by atoms with van der Waals surface area (Å²) < 4.78 is 0. The minimum absolute atomic E-state index is 0.0616. The van der Waals surface area contributed by atoms with Gasteiger partial charge in [-0.3, -0.25) is 9.59 Å². The van der Waals surface area contributed by atoms with Crippen molar-refractivity contribution in [3.05, 3.63) is 83.9 Å². The molecule has 1 aliphatic rings. The number of nitrogens with one attached hydrogen (secondary N) is 1. The minimum atomic E-state index is -0.0824. The Bertz CT molecular complexity index is 808. The molecular formula is C24H28N2O2S. The fourth-order valence-corrected chi connectivity index (χ4v) is 4.38. The summed E-state index contributed by atoms with van der Waals surface area (Å²) in [5.74, 6) is 0.831. The molecule has 2 amide bonds. The lowest BCUT2D eigenvalue weighted by atomic mass is 10.1. The van der Waals surface area contributed by atoms with Crippen molar-refractivity contribution in [2.75, 3.05) is 13.1 Å². The van der Waals surface area contributed by atoms with Gasteiger partial charge in [-0.05, 0) is 30.4 Å². The molecule has 2 aromatic carbocycles. The second-order valence-corrected chi connectivity index (χ2v) is 8.28. The summed E-state index contributed by atoms with van der Waals surface area (Å²) in [4.78, 5) is 25.7. The molecule has 1 aliphatic heterocycles. The fourth-order valence-electron chi connectivity index (χ4n) is 3.17. The van der Waals surface area contributed by atoms with Crippen LogP contribution in [0.25, 0.3) is 0 Å². The molecule has 0 bridgehead atoms. The summed E-state index contributed by atoms with van der Waals surface area (Å²) >= 11 is 1.72. The molecule has 0 spiro atoms. The Labute approximate surface area is 177 Å². The van der Waals surface area contributed by atoms with Crippen molar-refractivity contribution in [1.29, 1.82) is 0 Å². The number of carbonyl (C=O) groups is 2. The first-order valence-electron chi connectivity index (χ1n) is 10.1. The second kappa shape index (κ2) is 11.5. The van der Waals surface area contributed by atoms with E-state index in [1.54, 1.807) is 16.7 Å². The first-order chi connectivity index (χ1) is 14.2. The Hall–Kier alpha value is -2.53. The van der Waals surface area contributed by atoms with Crippen LogP contribution in [0.15, 0.2) is 72.8 Å². The zero-order chi connectivity index (χ0) is 20.3. The Morgan fingerprint density at radius 1 is 1.00 bits per heavy atom. The van der Waals surface area contributed by atoms with Gasteiger partial charge >= 0.3 is 0 Å². The third kappa shape index (κ3) is 7.09. The van der Waals surface area contributed by atoms with Crippen molar-refractivity contribution in [1.82, 2.24) is 10.2 Å². The van der Waals surface area contributed by atoms with Gasteiger partial charge in [-0.2, -0.15) is 0 Å². The van der Waals surface area contributed by atoms with Crippen LogP contribution in [-0.4, -0.2) is 35.2 Å². The van der Waals surface area contributed by atoms with E-state index in [1.807, 2.05) is 24.3 Å². The van der Waals surface area contributed by atoms with E-state index in [0.717, 1.165) is 25.0 Å². The van der Waals surface area contributed by atoms with E-state index in [-0.39, 0.29) is 23.7 Å². The summed E-state index contributed by atoms with van der Waals surface area (Å²) in [6.45, 7) is 0.757. The van der Waals surface area contributed by atoms with Gasteiger partial charge in [0.2, 0.25) is 11.8 Å². The average molecular weight is 409 g/mol. The van der Waals surface area contributed by atoms with Crippen molar-refractivity contribution in [2.24, 2.45) is 0 Å². The zero-order valence-corrected chi connectivity index (χ0v) is 17.4. The van der Waals surface area contributed by atoms with Gasteiger partial charge in [-0.25, -0.2) is 0 Å². The van der Waals surface area contributed by atoms with E-state index in [1.165, 1.54) is 11.1 Å². The molecule has 1 N–H and O–H groups in total. The number of hydrogen-bond acceptors (Lipinski definition) is 3. The van der Waals surface area contributed by atoms with Gasteiger partial charge in [0.1, 0.15) is 6.54 Å². The van der Waals surface area contributed by atoms with Gasteiger partial charge in [0.05, 0.1) is 11.8 Å². The number of nitrogens with zero attached hydrogens (tertiary/aromatic N) is 1. The van der Waals surface area contributed by atoms with Crippen LogP contribution in [0.5, 0.6) is 0 Å². The van der Waals surface area contributed by atoms with E-state index in [4.69, 9.17) is 0 Å². The summed E-state index contributed by atoms with van der Waals surface area (Å²) in [5.41, 5.74) is 2.57. The highest BCUT2D eigenvalue weighted by Crippen LogP contribution is 2.31. The van der Waals surface area contributed by atoms with Gasteiger partial charge < -0.3 is 10.2 Å². The highest BCUT2D eigenvalue weighted by molar-refractivity contribution is 7.99. The Balaban J connectivity index is 1.28. The first kappa shape index (κ1) is 21.2. The number of hydrogen-bond donors (Lipinski definition) is 1. The smallest absolute Gasteiger partial charge is 0.239 e. The Morgan fingerprint density at radius 3 is 2.34 bits per heavy atom. The third-order valence-corrected chi connectivity index (χ3v) is 6.16. The van der Waals surface area contributed by atoms with Gasteiger partial charge in [0.25, 0.3) is 0 Å². The molecule has 29 heavy (non-hydrogen) atoms. The molecule has 0 radical (unpaired) electrons. The van der Waals surface area contributed by atoms with Crippen LogP contribution >= 0.6 is 11.8 Å². The van der Waals surface area contributed by atoms with E-state index in [0.29, 0.717) is 13.0 Å². The number of thioether (sulfide) groups is 1. The molecule has 2 aromatic rings. The number of benzene rings is 2. The maximum Gasteiger partial charge on any atom is 0.239 e. The SMILES string of the molecule is O=C(CN1C(=O)CC1SCc1ccccc1)NCCC=CCCc1ccccc1. The van der Waals surface area contributed by atoms with Crippen LogP contribution in [0.1, 0.15) is 30.4 Å². The van der Waals surface area contributed by atoms with Crippen LogP contribution in [0, 0.1) is 0 Å². The number of carbonyl (C=O) groups excluding carboxylic acids is 2. The molecule has 1 fully saturated rings. The number of amides is 2. The maximum atomic E-state index is 12.1. The third-order valence-electron chi connectivity index (χ3n) is 4.86. The van der Waals surface area contributed by atoms with Crippen molar-refractivity contribution in [2.45, 2.75) is 36.8 Å². The highest BCUT2D eigenvalue weighted by atomic mass is 32.2. The lowest BCUT2D eigenvalue weighted by Gasteiger charge is -2.39. The monoisotopic (exact) mass is 408 g/mol. The summed E-state index contributed by atoms with van der Waals surface area (Å²) in [7, 11) is 0. The largest absolute Gasteiger partial charge is 0.354 e. The predicted molar refractivity (Wildman–Crippen MR) is 119 cm³/mol. The number of allylic oxidation sites excluding steroid dienone is 1. The molecule has 152 valence electrons. The van der Waals surface area contributed by atoms with Crippen molar-refractivity contribution >= 4 is 23.6 Å². The normalized spacial score (nSPS) is 16.1. The fraction of sp³-hybridized carbons (Fsp3) is 0.333. The van der Waals surface area contributed by atoms with E-state index in [2.05, 4.69) is 53.9 Å². The molecule has 4 nitrogen and oxygen atoms in total. The molecule has 1 saturated heterocycles. The molecule has 5 heteroatoms. The van der Waals surface area contributed by atoms with E-state index in [9.17, 15) is 9.59 Å². The number of aryl methyl sites for hydroxylation is 1. The summed E-state index contributed by atoms with van der Waals surface area (Å²) in [6, 6.07) is 20.6. The van der Waals surface area contributed by atoms with Gasteiger partial charge in [-0.15, -0.1) is 11.8 Å². The van der Waals surface area contributed by atoms with Crippen LogP contribution in [0.4, 0.5) is 0 Å². The molecule has 1 heterocycles. The number of rotatable bonds is 11. The lowest BCUT2D eigenvalue weighted by Crippen LogP contribution is -2.54. The number of β-lactam (4-membered cyclic amide) rings is 1. The Kier molecular flexibility index (Phi) is 8.38. The summed E-state index contributed by atoms with van der Waals surface area (Å²) in [5, 5.41) is 3.02. The molecule has 0 aromatic heterocycles. The van der Waals surface area contributed by atoms with E-state index < -0.39 is 0 Å². The molecule has 0 saturated carbocycles. The van der Waals surface area contributed by atoms with Crippen molar-refractivity contribution < 1.29 is 9.59 Å². The Morgan fingerprint density at radius 2 is 1.66 bits per heavy atom. The van der Waals surface area contributed by atoms with Crippen LogP contribution < -0.4 is 5.32 Å².